The Morgan fingerprint density at radius 1 is 0.600 bits per heavy atom. The molecule has 3 rings (SSSR count). The van der Waals surface area contributed by atoms with E-state index in [-0.39, 0.29) is 0 Å². The maximum absolute atomic E-state index is 2.38. The molecule has 30 heavy (non-hydrogen) atoms. The van der Waals surface area contributed by atoms with Gasteiger partial charge in [-0.25, -0.2) is 0 Å². The summed E-state index contributed by atoms with van der Waals surface area (Å²) in [5, 5.41) is 0. The van der Waals surface area contributed by atoms with E-state index in [0.29, 0.717) is 0 Å². The van der Waals surface area contributed by atoms with Crippen LogP contribution in [-0.4, -0.2) is 0 Å². The molecule has 2 aromatic carbocycles. The van der Waals surface area contributed by atoms with Crippen molar-refractivity contribution in [3.05, 3.63) is 70.8 Å². The van der Waals surface area contributed by atoms with E-state index in [4.69, 9.17) is 0 Å². The van der Waals surface area contributed by atoms with Crippen LogP contribution in [-0.2, 0) is 25.7 Å². The first-order valence-electron chi connectivity index (χ1n) is 13.0. The highest BCUT2D eigenvalue weighted by Gasteiger charge is 2.13. The zero-order valence-corrected chi connectivity index (χ0v) is 20.7. The SMILES string of the molecule is CC.CC.CCCCC1CCc2ccccc2CCCCCc2ccccc2CC1. The van der Waals surface area contributed by atoms with Gasteiger partial charge in [-0.1, -0.05) is 109 Å². The standard InChI is InChI=1S/C26H36.2C2H6/c1-2-3-11-22-18-20-25-16-9-7-14-23(25)12-5-4-6-13-24-15-8-10-17-26(24)21-19-22;2*1-2/h7-10,14-17,22H,2-6,11-13,18-21H2,1H3;2*1-2H3. The van der Waals surface area contributed by atoms with Crippen LogP contribution in [0.15, 0.2) is 48.5 Å². The van der Waals surface area contributed by atoms with Gasteiger partial charge in [-0.3, -0.25) is 0 Å². The van der Waals surface area contributed by atoms with Crippen LogP contribution in [0.1, 0.15) is 108 Å². The molecule has 0 heteroatoms. The van der Waals surface area contributed by atoms with E-state index in [1.807, 2.05) is 27.7 Å². The number of fused-ring (bicyclic) bond motifs is 2. The van der Waals surface area contributed by atoms with Gasteiger partial charge in [-0.15, -0.1) is 0 Å². The number of hydrogen-bond donors (Lipinski definition) is 0. The van der Waals surface area contributed by atoms with Gasteiger partial charge in [-0.05, 0) is 79.5 Å². The lowest BCUT2D eigenvalue weighted by Gasteiger charge is -2.20. The molecule has 0 atom stereocenters. The Bertz CT molecular complexity index is 601. The lowest BCUT2D eigenvalue weighted by atomic mass is 9.86. The van der Waals surface area contributed by atoms with Gasteiger partial charge in [0.25, 0.3) is 0 Å². The number of aryl methyl sites for hydroxylation is 4. The average Bonchev–Trinajstić information content (AvgIpc) is 2.82. The molecule has 0 nitrogen and oxygen atoms in total. The van der Waals surface area contributed by atoms with Crippen molar-refractivity contribution in [1.82, 2.24) is 0 Å². The van der Waals surface area contributed by atoms with Crippen molar-refractivity contribution in [3.8, 4) is 0 Å². The summed E-state index contributed by atoms with van der Waals surface area (Å²) in [6.45, 7) is 10.3. The summed E-state index contributed by atoms with van der Waals surface area (Å²) in [6.07, 6.45) is 15.9. The Balaban J connectivity index is 0.00000106. The molecule has 1 aliphatic carbocycles. The van der Waals surface area contributed by atoms with Crippen LogP contribution < -0.4 is 0 Å². The first kappa shape index (κ1) is 26.5. The molecule has 0 radical (unpaired) electrons. The quantitative estimate of drug-likeness (QED) is 0.474. The lowest BCUT2D eigenvalue weighted by molar-refractivity contribution is 0.405. The van der Waals surface area contributed by atoms with Crippen LogP contribution >= 0.6 is 0 Å². The van der Waals surface area contributed by atoms with Crippen molar-refractivity contribution in [1.29, 1.82) is 0 Å². The van der Waals surface area contributed by atoms with E-state index in [2.05, 4.69) is 55.5 Å². The maximum atomic E-state index is 2.38. The highest BCUT2D eigenvalue weighted by atomic mass is 14.2. The second-order valence-electron chi connectivity index (χ2n) is 8.18. The molecular weight excluding hydrogens is 360 g/mol. The first-order chi connectivity index (χ1) is 14.9. The summed E-state index contributed by atoms with van der Waals surface area (Å²) >= 11 is 0. The molecule has 0 saturated carbocycles. The van der Waals surface area contributed by atoms with Crippen molar-refractivity contribution < 1.29 is 0 Å². The average molecular weight is 409 g/mol. The van der Waals surface area contributed by atoms with Gasteiger partial charge >= 0.3 is 0 Å². The third-order valence-corrected chi connectivity index (χ3v) is 6.24. The third-order valence-electron chi connectivity index (χ3n) is 6.24. The van der Waals surface area contributed by atoms with Crippen molar-refractivity contribution in [2.45, 2.75) is 112 Å². The number of unbranched alkanes of at least 4 members (excludes halogenated alkanes) is 1. The normalized spacial score (nSPS) is 15.2. The summed E-state index contributed by atoms with van der Waals surface area (Å²) in [6, 6.07) is 18.4. The van der Waals surface area contributed by atoms with Crippen molar-refractivity contribution in [2.75, 3.05) is 0 Å². The molecule has 168 valence electrons. The smallest absolute Gasteiger partial charge is 0.0274 e. The van der Waals surface area contributed by atoms with E-state index >= 15 is 0 Å². The van der Waals surface area contributed by atoms with Crippen molar-refractivity contribution in [3.63, 3.8) is 0 Å². The highest BCUT2D eigenvalue weighted by Crippen LogP contribution is 2.26. The van der Waals surface area contributed by atoms with E-state index in [9.17, 15) is 0 Å². The Kier molecular flexibility index (Phi) is 15.1. The fourth-order valence-electron chi connectivity index (χ4n) is 4.54. The summed E-state index contributed by atoms with van der Waals surface area (Å²) < 4.78 is 0. The molecule has 0 spiro atoms. The minimum atomic E-state index is 0.874. The van der Waals surface area contributed by atoms with Crippen LogP contribution in [0.3, 0.4) is 0 Å². The van der Waals surface area contributed by atoms with Crippen LogP contribution in [0.5, 0.6) is 0 Å². The van der Waals surface area contributed by atoms with E-state index in [1.54, 1.807) is 22.3 Å². The van der Waals surface area contributed by atoms with Gasteiger partial charge in [0.1, 0.15) is 0 Å². The number of hydrogen-bond acceptors (Lipinski definition) is 0. The monoisotopic (exact) mass is 408 g/mol. The summed E-state index contributed by atoms with van der Waals surface area (Å²) in [7, 11) is 0. The van der Waals surface area contributed by atoms with Gasteiger partial charge in [-0.2, -0.15) is 0 Å². The van der Waals surface area contributed by atoms with Gasteiger partial charge in [0.15, 0.2) is 0 Å². The molecule has 0 aliphatic heterocycles. The van der Waals surface area contributed by atoms with Gasteiger partial charge in [0.05, 0.1) is 0 Å². The highest BCUT2D eigenvalue weighted by molar-refractivity contribution is 5.29. The summed E-state index contributed by atoms with van der Waals surface area (Å²) in [5.41, 5.74) is 6.45. The molecule has 0 N–H and O–H groups in total. The second-order valence-corrected chi connectivity index (χ2v) is 8.18. The Hall–Kier alpha value is -1.56. The molecular formula is C30H48. The summed E-state index contributed by atoms with van der Waals surface area (Å²) in [4.78, 5) is 0. The summed E-state index contributed by atoms with van der Waals surface area (Å²) in [5.74, 6) is 0.874. The van der Waals surface area contributed by atoms with Crippen LogP contribution in [0, 0.1) is 5.92 Å². The van der Waals surface area contributed by atoms with Crippen molar-refractivity contribution in [2.24, 2.45) is 5.92 Å². The predicted molar refractivity (Wildman–Crippen MR) is 136 cm³/mol. The molecule has 0 unspecified atom stereocenters. The van der Waals surface area contributed by atoms with Gasteiger partial charge in [0.2, 0.25) is 0 Å². The predicted octanol–water partition coefficient (Wildman–Crippen LogP) is 9.38. The minimum Gasteiger partial charge on any atom is -0.0683 e. The topological polar surface area (TPSA) is 0 Å². The molecule has 0 aromatic heterocycles. The lowest BCUT2D eigenvalue weighted by Crippen LogP contribution is -2.07. The zero-order chi connectivity index (χ0) is 22.0. The van der Waals surface area contributed by atoms with Gasteiger partial charge < -0.3 is 0 Å². The number of rotatable bonds is 3. The van der Waals surface area contributed by atoms with E-state index in [0.717, 1.165) is 5.92 Å². The molecule has 0 heterocycles. The molecule has 0 saturated heterocycles. The molecule has 0 amide bonds. The largest absolute Gasteiger partial charge is 0.0683 e. The minimum absolute atomic E-state index is 0.874. The van der Waals surface area contributed by atoms with Crippen LogP contribution in [0.4, 0.5) is 0 Å². The van der Waals surface area contributed by atoms with Gasteiger partial charge in [0, 0.05) is 0 Å². The molecule has 0 bridgehead atoms. The molecule has 0 fully saturated rings. The zero-order valence-electron chi connectivity index (χ0n) is 20.7. The molecule has 2 aromatic rings. The third kappa shape index (κ3) is 9.50. The first-order valence-corrected chi connectivity index (χ1v) is 13.0. The Labute approximate surface area is 188 Å². The maximum Gasteiger partial charge on any atom is -0.0274 e. The van der Waals surface area contributed by atoms with E-state index < -0.39 is 0 Å². The fourth-order valence-corrected chi connectivity index (χ4v) is 4.54. The Morgan fingerprint density at radius 2 is 1.00 bits per heavy atom. The van der Waals surface area contributed by atoms with E-state index in [1.165, 1.54) is 77.0 Å². The fraction of sp³-hybridized carbons (Fsp3) is 0.600. The van der Waals surface area contributed by atoms with Crippen molar-refractivity contribution >= 4 is 0 Å². The number of benzene rings is 2. The Morgan fingerprint density at radius 3 is 1.40 bits per heavy atom. The molecule has 1 aliphatic rings. The van der Waals surface area contributed by atoms with Crippen LogP contribution in [0.2, 0.25) is 0 Å². The second kappa shape index (κ2) is 17.2. The van der Waals surface area contributed by atoms with Crippen LogP contribution in [0.25, 0.3) is 0 Å².